The molecule has 0 aliphatic heterocycles. The monoisotopic (exact) mass is 188 g/mol. The smallest absolute Gasteiger partial charge is 0.170 e. The first-order valence-corrected chi connectivity index (χ1v) is 3.64. The highest BCUT2D eigenvalue weighted by Crippen LogP contribution is 2.28. The molecule has 1 N–H and O–H groups in total. The highest BCUT2D eigenvalue weighted by molar-refractivity contribution is 6.32. The van der Waals surface area contributed by atoms with Gasteiger partial charge in [0.25, 0.3) is 0 Å². The third-order valence-electron chi connectivity index (χ3n) is 1.45. The molecule has 2 nitrogen and oxygen atoms in total. The summed E-state index contributed by atoms with van der Waals surface area (Å²) in [5, 5.41) is 8.94. The largest absolute Gasteiger partial charge is 0.504 e. The van der Waals surface area contributed by atoms with E-state index in [1.54, 1.807) is 0 Å². The summed E-state index contributed by atoms with van der Waals surface area (Å²) in [5.74, 6) is -1.43. The molecule has 0 spiro atoms. The molecule has 0 atom stereocenters. The lowest BCUT2D eigenvalue weighted by atomic mass is 10.1. The van der Waals surface area contributed by atoms with Crippen LogP contribution in [0.25, 0.3) is 0 Å². The maximum Gasteiger partial charge on any atom is 0.170 e. The Kier molecular flexibility index (Phi) is 2.65. The van der Waals surface area contributed by atoms with Crippen molar-refractivity contribution in [2.75, 3.05) is 0 Å². The second-order valence-electron chi connectivity index (χ2n) is 2.24. The second-order valence-corrected chi connectivity index (χ2v) is 2.65. The van der Waals surface area contributed by atoms with Gasteiger partial charge in [-0.05, 0) is 11.6 Å². The Labute approximate surface area is 73.6 Å². The molecule has 0 aliphatic rings. The molecule has 0 heterocycles. The first kappa shape index (κ1) is 9.00. The molecule has 0 saturated heterocycles. The number of rotatable bonds is 2. The van der Waals surface area contributed by atoms with Crippen LogP contribution in [-0.4, -0.2) is 11.4 Å². The highest BCUT2D eigenvalue weighted by Gasteiger charge is 2.09. The van der Waals surface area contributed by atoms with E-state index in [9.17, 15) is 9.18 Å². The van der Waals surface area contributed by atoms with Crippen molar-refractivity contribution in [2.45, 2.75) is 6.42 Å². The molecule has 0 aromatic heterocycles. The van der Waals surface area contributed by atoms with Gasteiger partial charge in [-0.25, -0.2) is 4.39 Å². The molecule has 0 fully saturated rings. The average Bonchev–Trinajstić information content (AvgIpc) is 2.07. The second kappa shape index (κ2) is 3.54. The first-order valence-electron chi connectivity index (χ1n) is 3.26. The zero-order valence-corrected chi connectivity index (χ0v) is 6.81. The van der Waals surface area contributed by atoms with Crippen molar-refractivity contribution >= 4 is 17.9 Å². The van der Waals surface area contributed by atoms with E-state index in [2.05, 4.69) is 0 Å². The van der Waals surface area contributed by atoms with E-state index < -0.39 is 11.6 Å². The minimum Gasteiger partial charge on any atom is -0.504 e. The number of carbonyl (C=O) groups is 1. The molecule has 1 aromatic rings. The predicted octanol–water partition coefficient (Wildman–Crippen LogP) is 1.93. The Balaban J connectivity index is 3.16. The third-order valence-corrected chi connectivity index (χ3v) is 1.76. The van der Waals surface area contributed by atoms with Crippen LogP contribution in [0.2, 0.25) is 5.02 Å². The lowest BCUT2D eigenvalue weighted by Gasteiger charge is -2.01. The standard InChI is InChI=1S/C8H6ClFO2/c9-6-2-1-5(3-4-11)7(10)8(6)12/h1-2,4,12H,3H2. The summed E-state index contributed by atoms with van der Waals surface area (Å²) in [6.45, 7) is 0. The lowest BCUT2D eigenvalue weighted by molar-refractivity contribution is -0.107. The van der Waals surface area contributed by atoms with Gasteiger partial charge < -0.3 is 9.90 Å². The van der Waals surface area contributed by atoms with Gasteiger partial charge >= 0.3 is 0 Å². The SMILES string of the molecule is O=CCc1ccc(Cl)c(O)c1F. The van der Waals surface area contributed by atoms with Crippen molar-refractivity contribution in [3.8, 4) is 5.75 Å². The normalized spacial score (nSPS) is 9.83. The van der Waals surface area contributed by atoms with Crippen molar-refractivity contribution in [1.82, 2.24) is 0 Å². The summed E-state index contributed by atoms with van der Waals surface area (Å²) in [6, 6.07) is 2.71. The summed E-state index contributed by atoms with van der Waals surface area (Å²) in [6.07, 6.45) is 0.502. The fourth-order valence-corrected chi connectivity index (χ4v) is 0.976. The number of aromatic hydroxyl groups is 1. The van der Waals surface area contributed by atoms with Crippen molar-refractivity contribution in [1.29, 1.82) is 0 Å². The van der Waals surface area contributed by atoms with Crippen LogP contribution in [0.1, 0.15) is 5.56 Å². The van der Waals surface area contributed by atoms with Crippen LogP contribution in [0.4, 0.5) is 4.39 Å². The van der Waals surface area contributed by atoms with Crippen molar-refractivity contribution in [2.24, 2.45) is 0 Å². The predicted molar refractivity (Wildman–Crippen MR) is 42.8 cm³/mol. The zero-order chi connectivity index (χ0) is 9.14. The lowest BCUT2D eigenvalue weighted by Crippen LogP contribution is -1.91. The van der Waals surface area contributed by atoms with Gasteiger partial charge in [0.2, 0.25) is 0 Å². The van der Waals surface area contributed by atoms with Crippen molar-refractivity contribution < 1.29 is 14.3 Å². The van der Waals surface area contributed by atoms with E-state index in [0.29, 0.717) is 6.29 Å². The summed E-state index contributed by atoms with van der Waals surface area (Å²) < 4.78 is 13.0. The maximum atomic E-state index is 13.0. The third kappa shape index (κ3) is 1.56. The molecule has 64 valence electrons. The molecule has 12 heavy (non-hydrogen) atoms. The van der Waals surface area contributed by atoms with E-state index >= 15 is 0 Å². The van der Waals surface area contributed by atoms with Gasteiger partial charge in [-0.1, -0.05) is 17.7 Å². The molecule has 4 heteroatoms. The Hall–Kier alpha value is -1.09. The van der Waals surface area contributed by atoms with Gasteiger partial charge in [0.05, 0.1) is 5.02 Å². The number of benzene rings is 1. The Morgan fingerprint density at radius 1 is 1.58 bits per heavy atom. The summed E-state index contributed by atoms with van der Waals surface area (Å²) >= 11 is 5.41. The molecule has 0 radical (unpaired) electrons. The molecule has 1 rings (SSSR count). The van der Waals surface area contributed by atoms with Gasteiger partial charge in [0.15, 0.2) is 11.6 Å². The topological polar surface area (TPSA) is 37.3 Å². The number of hydrogen-bond acceptors (Lipinski definition) is 2. The first-order chi connectivity index (χ1) is 5.66. The van der Waals surface area contributed by atoms with Crippen LogP contribution in [0, 0.1) is 5.82 Å². The van der Waals surface area contributed by atoms with E-state index in [-0.39, 0.29) is 17.0 Å². The van der Waals surface area contributed by atoms with Gasteiger partial charge in [-0.2, -0.15) is 0 Å². The summed E-state index contributed by atoms with van der Waals surface area (Å²) in [4.78, 5) is 10.0. The molecule has 0 unspecified atom stereocenters. The van der Waals surface area contributed by atoms with Gasteiger partial charge in [0, 0.05) is 6.42 Å². The molecular formula is C8H6ClFO2. The van der Waals surface area contributed by atoms with Crippen LogP contribution < -0.4 is 0 Å². The number of hydrogen-bond donors (Lipinski definition) is 1. The quantitative estimate of drug-likeness (QED) is 0.720. The fraction of sp³-hybridized carbons (Fsp3) is 0.125. The summed E-state index contributed by atoms with van der Waals surface area (Å²) in [7, 11) is 0. The fourth-order valence-electron chi connectivity index (χ4n) is 0.830. The Morgan fingerprint density at radius 2 is 2.25 bits per heavy atom. The number of aldehydes is 1. The number of halogens is 2. The van der Waals surface area contributed by atoms with Crippen molar-refractivity contribution in [3.63, 3.8) is 0 Å². The van der Waals surface area contributed by atoms with Gasteiger partial charge in [-0.3, -0.25) is 0 Å². The molecule has 0 bridgehead atoms. The summed E-state index contributed by atoms with van der Waals surface area (Å²) in [5.41, 5.74) is 0.145. The van der Waals surface area contributed by atoms with Crippen LogP contribution in [-0.2, 0) is 11.2 Å². The number of phenols is 1. The van der Waals surface area contributed by atoms with Crippen LogP contribution in [0.3, 0.4) is 0 Å². The van der Waals surface area contributed by atoms with Gasteiger partial charge in [0.1, 0.15) is 6.29 Å². The zero-order valence-electron chi connectivity index (χ0n) is 6.05. The Morgan fingerprint density at radius 3 is 2.83 bits per heavy atom. The Bertz CT molecular complexity index is 312. The average molecular weight is 189 g/mol. The highest BCUT2D eigenvalue weighted by atomic mass is 35.5. The minimum absolute atomic E-state index is 0.0536. The van der Waals surface area contributed by atoms with E-state index in [0.717, 1.165) is 0 Å². The molecule has 1 aromatic carbocycles. The molecule has 0 saturated carbocycles. The van der Waals surface area contributed by atoms with Crippen LogP contribution >= 0.6 is 11.6 Å². The minimum atomic E-state index is -0.824. The van der Waals surface area contributed by atoms with E-state index in [4.69, 9.17) is 16.7 Å². The molecule has 0 amide bonds. The van der Waals surface area contributed by atoms with Crippen molar-refractivity contribution in [3.05, 3.63) is 28.5 Å². The number of carbonyl (C=O) groups excluding carboxylic acids is 1. The van der Waals surface area contributed by atoms with Crippen LogP contribution in [0.5, 0.6) is 5.75 Å². The van der Waals surface area contributed by atoms with E-state index in [1.807, 2.05) is 0 Å². The number of phenolic OH excluding ortho intramolecular Hbond substituents is 1. The maximum absolute atomic E-state index is 13.0. The van der Waals surface area contributed by atoms with Gasteiger partial charge in [-0.15, -0.1) is 0 Å². The van der Waals surface area contributed by atoms with Crippen LogP contribution in [0.15, 0.2) is 12.1 Å². The molecular weight excluding hydrogens is 183 g/mol. The molecule has 0 aliphatic carbocycles. The van der Waals surface area contributed by atoms with E-state index in [1.165, 1.54) is 12.1 Å².